The Morgan fingerprint density at radius 1 is 1.14 bits per heavy atom. The molecule has 1 atom stereocenters. The molecule has 0 aromatic heterocycles. The van der Waals surface area contributed by atoms with E-state index in [1.54, 1.807) is 0 Å². The first-order valence-electron chi connectivity index (χ1n) is 7.23. The molecule has 1 N–H and O–H groups in total. The molecule has 2 rings (SSSR count). The fraction of sp³-hybridized carbons (Fsp3) is 0.333. The summed E-state index contributed by atoms with van der Waals surface area (Å²) in [6, 6.07) is 15.8. The Hall–Kier alpha value is -1.35. The lowest BCUT2D eigenvalue weighted by molar-refractivity contribution is 0.147. The predicted molar refractivity (Wildman–Crippen MR) is 88.5 cm³/mol. The molecule has 0 aliphatic rings. The van der Waals surface area contributed by atoms with Crippen LogP contribution in [0.25, 0.3) is 0 Å². The number of nitrogens with zero attached hydrogens (tertiary/aromatic N) is 1. The van der Waals surface area contributed by atoms with Crippen molar-refractivity contribution in [3.63, 3.8) is 0 Å². The van der Waals surface area contributed by atoms with E-state index in [9.17, 15) is 5.11 Å². The molecule has 21 heavy (non-hydrogen) atoms. The second-order valence-electron chi connectivity index (χ2n) is 5.52. The molecule has 0 aliphatic heterocycles. The number of aliphatic hydroxyl groups excluding tert-OH is 1. The van der Waals surface area contributed by atoms with E-state index in [4.69, 9.17) is 11.6 Å². The molecular weight excluding hydrogens is 282 g/mol. The van der Waals surface area contributed by atoms with Crippen molar-refractivity contribution in [2.45, 2.75) is 26.0 Å². The van der Waals surface area contributed by atoms with E-state index in [0.29, 0.717) is 11.4 Å². The Bertz CT molecular complexity index is 585. The molecule has 0 radical (unpaired) electrons. The molecule has 0 bridgehead atoms. The molecule has 1 unspecified atom stereocenters. The highest BCUT2D eigenvalue weighted by molar-refractivity contribution is 6.30. The van der Waals surface area contributed by atoms with Crippen molar-refractivity contribution >= 4 is 11.6 Å². The summed E-state index contributed by atoms with van der Waals surface area (Å²) in [5.74, 6) is 0. The van der Waals surface area contributed by atoms with Crippen LogP contribution in [-0.2, 0) is 6.54 Å². The minimum atomic E-state index is -0.469. The van der Waals surface area contributed by atoms with E-state index in [-0.39, 0.29) is 0 Å². The molecule has 0 saturated carbocycles. The molecule has 2 aromatic rings. The summed E-state index contributed by atoms with van der Waals surface area (Å²) in [5, 5.41) is 10.9. The number of aliphatic hydroxyl groups is 1. The Labute approximate surface area is 132 Å². The number of hydrogen-bond donors (Lipinski definition) is 1. The van der Waals surface area contributed by atoms with Crippen LogP contribution in [-0.4, -0.2) is 23.6 Å². The lowest BCUT2D eigenvalue weighted by atomic mass is 10.1. The summed E-state index contributed by atoms with van der Waals surface area (Å²) in [7, 11) is 2.08. The smallest absolute Gasteiger partial charge is 0.0802 e. The zero-order valence-electron chi connectivity index (χ0n) is 12.6. The molecule has 0 aliphatic carbocycles. The van der Waals surface area contributed by atoms with E-state index >= 15 is 0 Å². The fourth-order valence-electron chi connectivity index (χ4n) is 2.38. The van der Waals surface area contributed by atoms with Gasteiger partial charge < -0.3 is 10.0 Å². The highest BCUT2D eigenvalue weighted by Gasteiger charge is 2.10. The van der Waals surface area contributed by atoms with Gasteiger partial charge in [-0.1, -0.05) is 48.0 Å². The van der Waals surface area contributed by atoms with Crippen molar-refractivity contribution in [3.05, 3.63) is 70.2 Å². The average molecular weight is 304 g/mol. The quantitative estimate of drug-likeness (QED) is 0.864. The lowest BCUT2D eigenvalue weighted by Gasteiger charge is -2.20. The maximum atomic E-state index is 10.2. The summed E-state index contributed by atoms with van der Waals surface area (Å²) < 4.78 is 0. The van der Waals surface area contributed by atoms with Gasteiger partial charge in [-0.25, -0.2) is 0 Å². The van der Waals surface area contributed by atoms with Crippen molar-refractivity contribution in [1.82, 2.24) is 4.90 Å². The minimum Gasteiger partial charge on any atom is -0.388 e. The van der Waals surface area contributed by atoms with Gasteiger partial charge in [0, 0.05) is 18.1 Å². The molecule has 2 nitrogen and oxygen atoms in total. The topological polar surface area (TPSA) is 23.5 Å². The molecule has 2 aromatic carbocycles. The number of halogens is 1. The van der Waals surface area contributed by atoms with Crippen LogP contribution in [0, 0.1) is 6.92 Å². The summed E-state index contributed by atoms with van der Waals surface area (Å²) in [5.41, 5.74) is 3.52. The molecule has 112 valence electrons. The summed E-state index contributed by atoms with van der Waals surface area (Å²) in [4.78, 5) is 2.23. The van der Waals surface area contributed by atoms with E-state index in [0.717, 1.165) is 18.7 Å². The first-order valence-corrected chi connectivity index (χ1v) is 7.60. The van der Waals surface area contributed by atoms with Crippen LogP contribution in [0.5, 0.6) is 0 Å². The van der Waals surface area contributed by atoms with Crippen molar-refractivity contribution in [3.8, 4) is 0 Å². The second kappa shape index (κ2) is 7.60. The van der Waals surface area contributed by atoms with Crippen LogP contribution in [0.1, 0.15) is 29.2 Å². The van der Waals surface area contributed by atoms with Crippen molar-refractivity contribution < 1.29 is 5.11 Å². The maximum absolute atomic E-state index is 10.2. The normalized spacial score (nSPS) is 12.6. The number of benzene rings is 2. The van der Waals surface area contributed by atoms with Crippen molar-refractivity contribution in [2.24, 2.45) is 0 Å². The van der Waals surface area contributed by atoms with Gasteiger partial charge >= 0.3 is 0 Å². The van der Waals surface area contributed by atoms with Crippen LogP contribution in [0.2, 0.25) is 5.02 Å². The van der Waals surface area contributed by atoms with Gasteiger partial charge in [0.05, 0.1) is 6.10 Å². The van der Waals surface area contributed by atoms with Crippen LogP contribution in [0.4, 0.5) is 0 Å². The third-order valence-electron chi connectivity index (χ3n) is 3.72. The van der Waals surface area contributed by atoms with Crippen molar-refractivity contribution in [1.29, 1.82) is 0 Å². The van der Waals surface area contributed by atoms with E-state index in [1.807, 2.05) is 24.3 Å². The number of aryl methyl sites for hydroxylation is 1. The standard InChI is InChI=1S/C18H22ClNO/c1-14-6-3-4-7-16(14)13-20(2)11-10-18(21)15-8-5-9-17(19)12-15/h3-9,12,18,21H,10-11,13H2,1-2H3. The molecule has 0 spiro atoms. The van der Waals surface area contributed by atoms with Crippen LogP contribution < -0.4 is 0 Å². The Morgan fingerprint density at radius 3 is 2.62 bits per heavy atom. The largest absolute Gasteiger partial charge is 0.388 e. The van der Waals surface area contributed by atoms with E-state index < -0.39 is 6.10 Å². The van der Waals surface area contributed by atoms with E-state index in [1.165, 1.54) is 11.1 Å². The predicted octanol–water partition coefficient (Wildman–Crippen LogP) is 4.20. The molecular formula is C18H22ClNO. The third-order valence-corrected chi connectivity index (χ3v) is 3.95. The zero-order valence-corrected chi connectivity index (χ0v) is 13.3. The highest BCUT2D eigenvalue weighted by atomic mass is 35.5. The van der Waals surface area contributed by atoms with Gasteiger partial charge in [-0.3, -0.25) is 0 Å². The van der Waals surface area contributed by atoms with E-state index in [2.05, 4.69) is 43.1 Å². The first kappa shape index (κ1) is 16.0. The van der Waals surface area contributed by atoms with Gasteiger partial charge in [0.2, 0.25) is 0 Å². The van der Waals surface area contributed by atoms with Gasteiger partial charge in [0.15, 0.2) is 0 Å². The van der Waals surface area contributed by atoms with Gasteiger partial charge in [-0.05, 0) is 49.2 Å². The van der Waals surface area contributed by atoms with Crippen LogP contribution in [0.3, 0.4) is 0 Å². The summed E-state index contributed by atoms with van der Waals surface area (Å²) in [6.45, 7) is 3.86. The maximum Gasteiger partial charge on any atom is 0.0802 e. The first-order chi connectivity index (χ1) is 10.1. The zero-order chi connectivity index (χ0) is 15.2. The number of hydrogen-bond acceptors (Lipinski definition) is 2. The van der Waals surface area contributed by atoms with Gasteiger partial charge in [0.1, 0.15) is 0 Å². The van der Waals surface area contributed by atoms with Crippen LogP contribution in [0.15, 0.2) is 48.5 Å². The third kappa shape index (κ3) is 4.85. The lowest BCUT2D eigenvalue weighted by Crippen LogP contribution is -2.21. The monoisotopic (exact) mass is 303 g/mol. The SMILES string of the molecule is Cc1ccccc1CN(C)CCC(O)c1cccc(Cl)c1. The molecule has 0 saturated heterocycles. The molecule has 0 fully saturated rings. The summed E-state index contributed by atoms with van der Waals surface area (Å²) >= 11 is 5.95. The molecule has 3 heteroatoms. The Morgan fingerprint density at radius 2 is 1.90 bits per heavy atom. The second-order valence-corrected chi connectivity index (χ2v) is 5.96. The molecule has 0 amide bonds. The highest BCUT2D eigenvalue weighted by Crippen LogP contribution is 2.20. The Balaban J connectivity index is 1.86. The minimum absolute atomic E-state index is 0.469. The van der Waals surface area contributed by atoms with Crippen LogP contribution >= 0.6 is 11.6 Å². The van der Waals surface area contributed by atoms with Gasteiger partial charge in [-0.2, -0.15) is 0 Å². The Kier molecular flexibility index (Phi) is 5.80. The molecule has 0 heterocycles. The van der Waals surface area contributed by atoms with Gasteiger partial charge in [0.25, 0.3) is 0 Å². The fourth-order valence-corrected chi connectivity index (χ4v) is 2.58. The van der Waals surface area contributed by atoms with Crippen molar-refractivity contribution in [2.75, 3.05) is 13.6 Å². The van der Waals surface area contributed by atoms with Gasteiger partial charge in [-0.15, -0.1) is 0 Å². The average Bonchev–Trinajstić information content (AvgIpc) is 2.47. The number of rotatable bonds is 6. The summed E-state index contributed by atoms with van der Waals surface area (Å²) in [6.07, 6.45) is 0.228.